The van der Waals surface area contributed by atoms with Gasteiger partial charge in [-0.05, 0) is 17.9 Å². The molecule has 15 heavy (non-hydrogen) atoms. The fourth-order valence-corrected chi connectivity index (χ4v) is 2.33. The minimum Gasteiger partial charge on any atom is -0.372 e. The van der Waals surface area contributed by atoms with E-state index in [0.717, 1.165) is 12.8 Å². The summed E-state index contributed by atoms with van der Waals surface area (Å²) in [5.41, 5.74) is 0. The molecular formula is C7H12ClN3O4. The van der Waals surface area contributed by atoms with Crippen LogP contribution in [0.5, 0.6) is 0 Å². The summed E-state index contributed by atoms with van der Waals surface area (Å²) in [6.45, 7) is 0.884. The first-order valence-electron chi connectivity index (χ1n) is 4.68. The van der Waals surface area contributed by atoms with Gasteiger partial charge in [-0.3, -0.25) is 4.99 Å². The topological polar surface area (TPSA) is 106 Å². The summed E-state index contributed by atoms with van der Waals surface area (Å²) < 4.78 is 35.8. The van der Waals surface area contributed by atoms with Crippen molar-refractivity contribution >= 4 is 6.34 Å². The van der Waals surface area contributed by atoms with Crippen LogP contribution in [0.2, 0.25) is 0 Å². The largest absolute Gasteiger partial charge is 0.372 e. The van der Waals surface area contributed by atoms with Crippen molar-refractivity contribution in [3.05, 3.63) is 0 Å². The van der Waals surface area contributed by atoms with Crippen LogP contribution in [0.3, 0.4) is 0 Å². The highest BCUT2D eigenvalue weighted by Crippen LogP contribution is 2.21. The molecule has 2 aliphatic rings. The Morgan fingerprint density at radius 3 is 3.00 bits per heavy atom. The smallest absolute Gasteiger partial charge is 0.179 e. The molecule has 2 heterocycles. The lowest BCUT2D eigenvalue weighted by molar-refractivity contribution is -1.93. The highest BCUT2D eigenvalue weighted by atomic mass is 35.7. The first-order chi connectivity index (χ1) is 7.06. The predicted octanol–water partition coefficient (Wildman–Crippen LogP) is -3.72. The minimum atomic E-state index is -4.40. The van der Waals surface area contributed by atoms with Gasteiger partial charge in [0.1, 0.15) is 10.2 Å². The third-order valence-electron chi connectivity index (χ3n) is 2.57. The Morgan fingerprint density at radius 1 is 1.47 bits per heavy atom. The quantitative estimate of drug-likeness (QED) is 0.530. The Balaban J connectivity index is 2.01. The van der Waals surface area contributed by atoms with Crippen LogP contribution in [-0.4, -0.2) is 36.6 Å². The molecule has 8 heteroatoms. The van der Waals surface area contributed by atoms with Crippen molar-refractivity contribution in [3.63, 3.8) is 0 Å². The second-order valence-corrected chi connectivity index (χ2v) is 4.46. The van der Waals surface area contributed by atoms with E-state index in [0.29, 0.717) is 13.1 Å². The van der Waals surface area contributed by atoms with E-state index in [1.54, 1.807) is 6.34 Å². The van der Waals surface area contributed by atoms with Crippen molar-refractivity contribution in [3.8, 4) is 0 Å². The average Bonchev–Trinajstić information content (AvgIpc) is 2.16. The van der Waals surface area contributed by atoms with Gasteiger partial charge in [0, 0.05) is 12.6 Å². The van der Waals surface area contributed by atoms with E-state index in [4.69, 9.17) is 0 Å². The van der Waals surface area contributed by atoms with E-state index < -0.39 is 10.2 Å². The van der Waals surface area contributed by atoms with Crippen LogP contribution < -0.4 is 19.3 Å². The lowest BCUT2D eigenvalue weighted by atomic mass is 9.97. The van der Waals surface area contributed by atoms with Gasteiger partial charge >= 0.3 is 0 Å². The van der Waals surface area contributed by atoms with Crippen LogP contribution in [-0.2, 0) is 4.39 Å². The minimum absolute atomic E-state index is 0.105. The molecule has 0 aromatic rings. The second-order valence-electron chi connectivity index (χ2n) is 3.56. The van der Waals surface area contributed by atoms with Gasteiger partial charge in [-0.15, -0.1) is 0 Å². The first kappa shape index (κ1) is 11.1. The normalized spacial score (nSPS) is 32.2. The van der Waals surface area contributed by atoms with Crippen molar-refractivity contribution in [2.24, 2.45) is 4.99 Å². The molecule has 0 bridgehead atoms. The summed E-state index contributed by atoms with van der Waals surface area (Å²) in [5.74, 6) is 0. The Hall–Kier alpha value is -0.440. The fraction of sp³-hybridized carbons (Fsp3) is 0.857. The number of aliphatic imine (C=N–C) groups is 1. The molecule has 2 aliphatic heterocycles. The molecule has 2 rings (SSSR count). The predicted molar refractivity (Wildman–Crippen MR) is 41.1 cm³/mol. The van der Waals surface area contributed by atoms with Crippen molar-refractivity contribution in [2.45, 2.75) is 24.9 Å². The molecule has 0 saturated carbocycles. The van der Waals surface area contributed by atoms with Gasteiger partial charge in [-0.2, -0.15) is 14.0 Å². The number of rotatable bonds is 2. The third kappa shape index (κ3) is 2.77. The Kier molecular flexibility index (Phi) is 3.10. The summed E-state index contributed by atoms with van der Waals surface area (Å²) in [7, 11) is -4.40. The zero-order chi connectivity index (χ0) is 10.9. The van der Waals surface area contributed by atoms with Crippen LogP contribution in [0.15, 0.2) is 4.99 Å². The third-order valence-corrected chi connectivity index (χ3v) is 2.92. The highest BCUT2D eigenvalue weighted by molar-refractivity contribution is 5.56. The molecule has 2 unspecified atom stereocenters. The fourth-order valence-electron chi connectivity index (χ4n) is 1.94. The Labute approximate surface area is 89.0 Å². The maximum Gasteiger partial charge on any atom is 0.179 e. The molecule has 0 aromatic heterocycles. The summed E-state index contributed by atoms with van der Waals surface area (Å²) >= 11 is 0. The standard InChI is InChI=1S/C7H12ClN3O4/c12-8(13,14)15-11-3-1-2-6-7(11)4-9-5-10-6/h5-7H,1-4H2,(H,9,10). The SMILES string of the molecule is [O-][Cl+3]([O-])([O-])ON1CCCC2NC=NCC21. The molecule has 1 saturated heterocycles. The van der Waals surface area contributed by atoms with Crippen LogP contribution in [0.1, 0.15) is 12.8 Å². The van der Waals surface area contributed by atoms with Gasteiger partial charge < -0.3 is 5.32 Å². The van der Waals surface area contributed by atoms with Crippen molar-refractivity contribution in [2.75, 3.05) is 13.1 Å². The number of nitrogens with one attached hydrogen (secondary N) is 1. The van der Waals surface area contributed by atoms with Gasteiger partial charge in [-0.25, -0.2) is 0 Å². The average molecular weight is 238 g/mol. The maximum absolute atomic E-state index is 10.5. The molecule has 7 nitrogen and oxygen atoms in total. The molecule has 0 amide bonds. The number of hydrogen-bond donors (Lipinski definition) is 1. The Bertz CT molecular complexity index is 257. The Morgan fingerprint density at radius 2 is 2.27 bits per heavy atom. The van der Waals surface area contributed by atoms with E-state index in [1.165, 1.54) is 5.06 Å². The van der Waals surface area contributed by atoms with Crippen molar-refractivity contribution in [1.82, 2.24) is 10.4 Å². The number of fused-ring (bicyclic) bond motifs is 1. The lowest BCUT2D eigenvalue weighted by Gasteiger charge is -2.37. The van der Waals surface area contributed by atoms with Gasteiger partial charge in [-0.1, -0.05) is 0 Å². The van der Waals surface area contributed by atoms with Crippen molar-refractivity contribution < 1.29 is 28.6 Å². The van der Waals surface area contributed by atoms with Crippen LogP contribution in [0.4, 0.5) is 0 Å². The summed E-state index contributed by atoms with van der Waals surface area (Å²) in [4.78, 5) is 3.98. The molecule has 1 N–H and O–H groups in total. The van der Waals surface area contributed by atoms with Gasteiger partial charge in [0.2, 0.25) is 0 Å². The van der Waals surface area contributed by atoms with Crippen LogP contribution in [0, 0.1) is 10.2 Å². The summed E-state index contributed by atoms with van der Waals surface area (Å²) in [6.07, 6.45) is 3.31. The van der Waals surface area contributed by atoms with Crippen molar-refractivity contribution in [1.29, 1.82) is 0 Å². The summed E-state index contributed by atoms with van der Waals surface area (Å²) in [6, 6.07) is -0.0758. The van der Waals surface area contributed by atoms with Crippen LogP contribution >= 0.6 is 0 Å². The molecule has 0 spiro atoms. The van der Waals surface area contributed by atoms with Gasteiger partial charge in [0.05, 0.1) is 18.9 Å². The van der Waals surface area contributed by atoms with E-state index in [1.807, 2.05) is 0 Å². The molecule has 2 atom stereocenters. The van der Waals surface area contributed by atoms with E-state index in [-0.39, 0.29) is 12.1 Å². The molecule has 0 aromatic carbocycles. The summed E-state index contributed by atoms with van der Waals surface area (Å²) in [5, 5.41) is 4.23. The number of hydrogen-bond acceptors (Lipinski definition) is 7. The van der Waals surface area contributed by atoms with Crippen LogP contribution in [0.25, 0.3) is 0 Å². The molecule has 1 fully saturated rings. The number of halogens is 1. The number of piperidine rings is 1. The lowest BCUT2D eigenvalue weighted by Crippen LogP contribution is -2.67. The van der Waals surface area contributed by atoms with E-state index in [2.05, 4.69) is 14.7 Å². The molecular weight excluding hydrogens is 226 g/mol. The molecule has 0 aliphatic carbocycles. The molecule has 0 radical (unpaired) electrons. The van der Waals surface area contributed by atoms with Gasteiger partial charge in [0.15, 0.2) is 4.39 Å². The second kappa shape index (κ2) is 4.20. The molecule has 86 valence electrons. The maximum atomic E-state index is 10.5. The van der Waals surface area contributed by atoms with Gasteiger partial charge in [0.25, 0.3) is 0 Å². The zero-order valence-corrected chi connectivity index (χ0v) is 8.72. The first-order valence-corrected chi connectivity index (χ1v) is 5.91. The monoisotopic (exact) mass is 237 g/mol. The zero-order valence-electron chi connectivity index (χ0n) is 7.97. The van der Waals surface area contributed by atoms with E-state index >= 15 is 0 Å². The highest BCUT2D eigenvalue weighted by Gasteiger charge is 2.41. The number of hydroxylamine groups is 2. The van der Waals surface area contributed by atoms with E-state index in [9.17, 15) is 14.0 Å². The number of nitrogens with zero attached hydrogens (tertiary/aromatic N) is 2.